The number of nitrogens with zero attached hydrogens (tertiary/aromatic N) is 3. The summed E-state index contributed by atoms with van der Waals surface area (Å²) in [5.74, 6) is 0.641. The smallest absolute Gasteiger partial charge is 0.228 e. The van der Waals surface area contributed by atoms with E-state index in [-0.39, 0.29) is 11.8 Å². The van der Waals surface area contributed by atoms with Crippen molar-refractivity contribution in [3.8, 4) is 0 Å². The highest BCUT2D eigenvalue weighted by Crippen LogP contribution is 2.16. The van der Waals surface area contributed by atoms with Crippen molar-refractivity contribution in [2.75, 3.05) is 26.7 Å². The Morgan fingerprint density at radius 1 is 1.40 bits per heavy atom. The Morgan fingerprint density at radius 2 is 2.20 bits per heavy atom. The quantitative estimate of drug-likeness (QED) is 0.799. The zero-order chi connectivity index (χ0) is 17.6. The number of nitrogens with one attached hydrogen (secondary N) is 1. The number of benzene rings is 1. The molecule has 0 radical (unpaired) electrons. The Morgan fingerprint density at radius 3 is 3.00 bits per heavy atom. The van der Waals surface area contributed by atoms with Crippen molar-refractivity contribution in [1.29, 1.82) is 0 Å². The van der Waals surface area contributed by atoms with Crippen LogP contribution in [-0.2, 0) is 17.6 Å². The minimum atomic E-state index is -0.572. The van der Waals surface area contributed by atoms with E-state index in [2.05, 4.69) is 20.4 Å². The van der Waals surface area contributed by atoms with Gasteiger partial charge in [0, 0.05) is 32.5 Å². The number of carbonyl (C=O) groups excluding carboxylic acids is 1. The van der Waals surface area contributed by atoms with Gasteiger partial charge >= 0.3 is 0 Å². The molecule has 134 valence electrons. The molecule has 2 aromatic rings. The van der Waals surface area contributed by atoms with Crippen LogP contribution in [0, 0.1) is 5.92 Å². The summed E-state index contributed by atoms with van der Waals surface area (Å²) in [5.41, 5.74) is 1.12. The molecule has 1 aromatic heterocycles. The Bertz CT molecular complexity index is 689. The Kier molecular flexibility index (Phi) is 5.78. The molecule has 1 aliphatic heterocycles. The first-order valence-electron chi connectivity index (χ1n) is 8.61. The van der Waals surface area contributed by atoms with E-state index in [0.717, 1.165) is 12.1 Å². The summed E-state index contributed by atoms with van der Waals surface area (Å²) in [7, 11) is 1.96. The Labute approximate surface area is 147 Å². The van der Waals surface area contributed by atoms with E-state index in [1.807, 2.05) is 37.4 Å². The lowest BCUT2D eigenvalue weighted by Gasteiger charge is -2.32. The van der Waals surface area contributed by atoms with Gasteiger partial charge in [-0.2, -0.15) is 4.98 Å². The number of rotatable bonds is 6. The standard InChI is InChI=1S/C18H24N4O3/c1-22-10-8-15(23)14(12-22)18(24)19-9-7-17-20-16(21-25-17)11-13-5-3-2-4-6-13/h2-6,14-15,23H,7-12H2,1H3,(H,19,24)/t14-,15-/m1/s1. The normalized spacial score (nSPS) is 21.2. The maximum absolute atomic E-state index is 12.2. The van der Waals surface area contributed by atoms with E-state index < -0.39 is 6.10 Å². The monoisotopic (exact) mass is 344 g/mol. The largest absolute Gasteiger partial charge is 0.392 e. The second-order valence-corrected chi connectivity index (χ2v) is 6.53. The van der Waals surface area contributed by atoms with Gasteiger partial charge < -0.3 is 19.8 Å². The van der Waals surface area contributed by atoms with Gasteiger partial charge in [-0.15, -0.1) is 0 Å². The Hall–Kier alpha value is -2.25. The molecule has 7 nitrogen and oxygen atoms in total. The first kappa shape index (κ1) is 17.6. The third kappa shape index (κ3) is 4.87. The van der Waals surface area contributed by atoms with Crippen LogP contribution in [0.5, 0.6) is 0 Å². The number of likely N-dealkylation sites (tertiary alicyclic amines) is 1. The lowest BCUT2D eigenvalue weighted by Crippen LogP contribution is -2.49. The highest BCUT2D eigenvalue weighted by Gasteiger charge is 2.31. The number of piperidine rings is 1. The molecule has 1 fully saturated rings. The predicted molar refractivity (Wildman–Crippen MR) is 91.9 cm³/mol. The molecule has 7 heteroatoms. The van der Waals surface area contributed by atoms with Crippen LogP contribution in [0.4, 0.5) is 0 Å². The minimum absolute atomic E-state index is 0.122. The van der Waals surface area contributed by atoms with Gasteiger partial charge in [0.1, 0.15) is 0 Å². The summed E-state index contributed by atoms with van der Waals surface area (Å²) in [6.07, 6.45) is 1.15. The molecule has 2 atom stereocenters. The third-order valence-corrected chi connectivity index (χ3v) is 4.47. The van der Waals surface area contributed by atoms with Crippen LogP contribution < -0.4 is 5.32 Å². The summed E-state index contributed by atoms with van der Waals surface area (Å²) < 4.78 is 5.23. The summed E-state index contributed by atoms with van der Waals surface area (Å²) in [5, 5.41) is 16.8. The van der Waals surface area contributed by atoms with Gasteiger partial charge in [-0.05, 0) is 19.0 Å². The molecular weight excluding hydrogens is 320 g/mol. The van der Waals surface area contributed by atoms with Gasteiger partial charge in [-0.3, -0.25) is 4.79 Å². The molecule has 25 heavy (non-hydrogen) atoms. The van der Waals surface area contributed by atoms with E-state index in [0.29, 0.717) is 44.1 Å². The van der Waals surface area contributed by atoms with Crippen LogP contribution in [0.2, 0.25) is 0 Å². The van der Waals surface area contributed by atoms with Crippen molar-refractivity contribution in [3.05, 3.63) is 47.6 Å². The van der Waals surface area contributed by atoms with E-state index in [4.69, 9.17) is 4.52 Å². The number of amides is 1. The number of hydrogen-bond acceptors (Lipinski definition) is 6. The molecule has 1 saturated heterocycles. The van der Waals surface area contributed by atoms with Crippen LogP contribution in [0.25, 0.3) is 0 Å². The summed E-state index contributed by atoms with van der Waals surface area (Å²) in [6, 6.07) is 9.95. The molecular formula is C18H24N4O3. The van der Waals surface area contributed by atoms with E-state index in [9.17, 15) is 9.90 Å². The second-order valence-electron chi connectivity index (χ2n) is 6.53. The van der Waals surface area contributed by atoms with Crippen LogP contribution in [-0.4, -0.2) is 58.8 Å². The molecule has 1 amide bonds. The highest BCUT2D eigenvalue weighted by molar-refractivity contribution is 5.79. The maximum Gasteiger partial charge on any atom is 0.228 e. The number of carbonyl (C=O) groups is 1. The fraction of sp³-hybridized carbons (Fsp3) is 0.500. The molecule has 0 aliphatic carbocycles. The third-order valence-electron chi connectivity index (χ3n) is 4.47. The zero-order valence-corrected chi connectivity index (χ0v) is 14.4. The van der Waals surface area contributed by atoms with Crippen LogP contribution in [0.15, 0.2) is 34.9 Å². The number of hydrogen-bond donors (Lipinski definition) is 2. The van der Waals surface area contributed by atoms with Gasteiger partial charge in [0.05, 0.1) is 12.0 Å². The fourth-order valence-corrected chi connectivity index (χ4v) is 3.03. The van der Waals surface area contributed by atoms with Crippen molar-refractivity contribution in [3.63, 3.8) is 0 Å². The highest BCUT2D eigenvalue weighted by atomic mass is 16.5. The molecule has 0 bridgehead atoms. The van der Waals surface area contributed by atoms with E-state index in [1.165, 1.54) is 0 Å². The van der Waals surface area contributed by atoms with Crippen molar-refractivity contribution in [1.82, 2.24) is 20.4 Å². The SMILES string of the molecule is CN1CC[C@@H](O)[C@H](C(=O)NCCc2nc(Cc3ccccc3)no2)C1. The maximum atomic E-state index is 12.2. The average molecular weight is 344 g/mol. The zero-order valence-electron chi connectivity index (χ0n) is 14.4. The molecule has 0 unspecified atom stereocenters. The molecule has 0 spiro atoms. The van der Waals surface area contributed by atoms with Crippen molar-refractivity contribution >= 4 is 5.91 Å². The minimum Gasteiger partial charge on any atom is -0.392 e. The second kappa shape index (κ2) is 8.22. The lowest BCUT2D eigenvalue weighted by molar-refractivity contribution is -0.131. The molecule has 2 N–H and O–H groups in total. The molecule has 1 aliphatic rings. The molecule has 2 heterocycles. The molecule has 3 rings (SSSR count). The Balaban J connectivity index is 1.45. The fourth-order valence-electron chi connectivity index (χ4n) is 3.03. The molecule has 0 saturated carbocycles. The lowest BCUT2D eigenvalue weighted by atomic mass is 9.94. The van der Waals surface area contributed by atoms with Gasteiger partial charge in [-0.25, -0.2) is 0 Å². The summed E-state index contributed by atoms with van der Waals surface area (Å²) in [4.78, 5) is 18.6. The predicted octanol–water partition coefficient (Wildman–Crippen LogP) is 0.632. The number of aliphatic hydroxyl groups excluding tert-OH is 1. The van der Waals surface area contributed by atoms with E-state index >= 15 is 0 Å². The van der Waals surface area contributed by atoms with Gasteiger partial charge in [-0.1, -0.05) is 35.5 Å². The van der Waals surface area contributed by atoms with Gasteiger partial charge in [0.25, 0.3) is 0 Å². The van der Waals surface area contributed by atoms with E-state index in [1.54, 1.807) is 0 Å². The van der Waals surface area contributed by atoms with Crippen molar-refractivity contribution in [2.24, 2.45) is 5.92 Å². The summed E-state index contributed by atoms with van der Waals surface area (Å²) >= 11 is 0. The average Bonchev–Trinajstić information content (AvgIpc) is 3.05. The number of aromatic nitrogens is 2. The van der Waals surface area contributed by atoms with Crippen LogP contribution in [0.1, 0.15) is 23.7 Å². The van der Waals surface area contributed by atoms with Crippen molar-refractivity contribution in [2.45, 2.75) is 25.4 Å². The first-order valence-corrected chi connectivity index (χ1v) is 8.61. The van der Waals surface area contributed by atoms with Crippen molar-refractivity contribution < 1.29 is 14.4 Å². The van der Waals surface area contributed by atoms with Gasteiger partial charge in [0.2, 0.25) is 11.8 Å². The number of aliphatic hydroxyl groups is 1. The summed E-state index contributed by atoms with van der Waals surface area (Å²) in [6.45, 7) is 1.81. The van der Waals surface area contributed by atoms with Crippen LogP contribution >= 0.6 is 0 Å². The van der Waals surface area contributed by atoms with Gasteiger partial charge in [0.15, 0.2) is 5.82 Å². The van der Waals surface area contributed by atoms with Crippen LogP contribution in [0.3, 0.4) is 0 Å². The first-order chi connectivity index (χ1) is 12.1. The molecule has 1 aromatic carbocycles. The topological polar surface area (TPSA) is 91.5 Å².